The molecule has 6 heteroatoms. The van der Waals surface area contributed by atoms with Gasteiger partial charge in [0, 0.05) is 6.20 Å². The highest BCUT2D eigenvalue weighted by Crippen LogP contribution is 2.38. The highest BCUT2D eigenvalue weighted by Gasteiger charge is 2.36. The summed E-state index contributed by atoms with van der Waals surface area (Å²) in [6.45, 7) is 0. The summed E-state index contributed by atoms with van der Waals surface area (Å²) in [5, 5.41) is 0. The van der Waals surface area contributed by atoms with Gasteiger partial charge in [-0.25, -0.2) is 4.98 Å². The van der Waals surface area contributed by atoms with Crippen LogP contribution in [-0.4, -0.2) is 12.1 Å². The molecule has 72 valence electrons. The Kier molecular flexibility index (Phi) is 2.80. The van der Waals surface area contributed by atoms with Gasteiger partial charge in [-0.2, -0.15) is 13.2 Å². The molecular weight excluding hydrogens is 251 g/mol. The van der Waals surface area contributed by atoms with Crippen LogP contribution >= 0.6 is 15.9 Å². The molecule has 0 aliphatic carbocycles. The number of pyridine rings is 1. The number of alkyl halides is 3. The second-order valence-corrected chi connectivity index (χ2v) is 3.03. The van der Waals surface area contributed by atoms with Crippen LogP contribution in [0, 0.1) is 0 Å². The number of rotatable bonds is 1. The summed E-state index contributed by atoms with van der Waals surface area (Å²) in [5.41, 5.74) is -1.02. The fourth-order valence-electron chi connectivity index (χ4n) is 0.821. The topological polar surface area (TPSA) is 22.1 Å². The lowest BCUT2D eigenvalue weighted by Gasteiger charge is -2.11. The van der Waals surface area contributed by atoms with E-state index >= 15 is 0 Å². The van der Waals surface area contributed by atoms with Gasteiger partial charge in [0.2, 0.25) is 0 Å². The van der Waals surface area contributed by atoms with Gasteiger partial charge in [0.1, 0.15) is 0 Å². The van der Waals surface area contributed by atoms with Crippen molar-refractivity contribution in [2.45, 2.75) is 6.18 Å². The fraction of sp³-hybridized carbons (Fsp3) is 0.286. The van der Waals surface area contributed by atoms with Crippen LogP contribution < -0.4 is 4.74 Å². The van der Waals surface area contributed by atoms with Crippen LogP contribution in [0.25, 0.3) is 0 Å². The predicted octanol–water partition coefficient (Wildman–Crippen LogP) is 2.87. The van der Waals surface area contributed by atoms with E-state index in [1.807, 2.05) is 0 Å². The van der Waals surface area contributed by atoms with E-state index in [1.54, 1.807) is 0 Å². The molecule has 0 bridgehead atoms. The van der Waals surface area contributed by atoms with Crippen LogP contribution in [0.3, 0.4) is 0 Å². The molecule has 0 amide bonds. The Bertz CT molecular complexity index is 313. The summed E-state index contributed by atoms with van der Waals surface area (Å²) in [4.78, 5) is 3.20. The van der Waals surface area contributed by atoms with Crippen molar-refractivity contribution in [2.24, 2.45) is 0 Å². The van der Waals surface area contributed by atoms with Crippen LogP contribution in [-0.2, 0) is 6.18 Å². The molecule has 0 N–H and O–H groups in total. The van der Waals surface area contributed by atoms with Crippen LogP contribution in [0.1, 0.15) is 5.69 Å². The first-order chi connectivity index (χ1) is 5.96. The van der Waals surface area contributed by atoms with Gasteiger partial charge < -0.3 is 4.74 Å². The van der Waals surface area contributed by atoms with Gasteiger partial charge in [-0.05, 0) is 22.0 Å². The number of nitrogens with zero attached hydrogens (tertiary/aromatic N) is 1. The number of methoxy groups -OCH3 is 1. The molecule has 0 aliphatic heterocycles. The molecule has 1 rings (SSSR count). The maximum absolute atomic E-state index is 12.3. The molecule has 13 heavy (non-hydrogen) atoms. The number of hydrogen-bond donors (Lipinski definition) is 0. The predicted molar refractivity (Wildman–Crippen MR) is 43.5 cm³/mol. The lowest BCUT2D eigenvalue weighted by molar-refractivity contribution is -0.142. The van der Waals surface area contributed by atoms with Gasteiger partial charge in [-0.3, -0.25) is 0 Å². The zero-order valence-electron chi connectivity index (χ0n) is 6.52. The number of halogens is 4. The standard InChI is InChI=1S/C7H5BrF3NO/c1-13-5-4(8)2-3-12-6(5)7(9,10)11/h2-3H,1H3. The summed E-state index contributed by atoms with van der Waals surface area (Å²) < 4.78 is 41.6. The molecule has 0 atom stereocenters. The van der Waals surface area contributed by atoms with Gasteiger partial charge in [0.15, 0.2) is 11.4 Å². The SMILES string of the molecule is COc1c(Br)ccnc1C(F)(F)F. The molecule has 1 heterocycles. The lowest BCUT2D eigenvalue weighted by Crippen LogP contribution is -2.10. The van der Waals surface area contributed by atoms with E-state index in [-0.39, 0.29) is 10.2 Å². The van der Waals surface area contributed by atoms with Gasteiger partial charge >= 0.3 is 6.18 Å². The quantitative estimate of drug-likeness (QED) is 0.770. The molecule has 0 aliphatic rings. The average Bonchev–Trinajstić information content (AvgIpc) is 2.02. The molecule has 0 aromatic carbocycles. The van der Waals surface area contributed by atoms with Crippen LogP contribution in [0.5, 0.6) is 5.75 Å². The Morgan fingerprint density at radius 1 is 1.46 bits per heavy atom. The molecule has 0 spiro atoms. The summed E-state index contributed by atoms with van der Waals surface area (Å²) in [6, 6.07) is 1.38. The zero-order valence-corrected chi connectivity index (χ0v) is 8.11. The first-order valence-electron chi connectivity index (χ1n) is 3.22. The van der Waals surface area contributed by atoms with Crippen molar-refractivity contribution in [3.63, 3.8) is 0 Å². The van der Waals surface area contributed by atoms with Crippen molar-refractivity contribution in [1.82, 2.24) is 4.98 Å². The third-order valence-corrected chi connectivity index (χ3v) is 1.95. The molecule has 0 saturated carbocycles. The third kappa shape index (κ3) is 2.12. The number of aromatic nitrogens is 1. The molecule has 0 unspecified atom stereocenters. The van der Waals surface area contributed by atoms with E-state index < -0.39 is 11.9 Å². The minimum atomic E-state index is -4.49. The maximum Gasteiger partial charge on any atom is 0.437 e. The Labute approximate surface area is 80.9 Å². The van der Waals surface area contributed by atoms with Crippen molar-refractivity contribution >= 4 is 15.9 Å². The average molecular weight is 256 g/mol. The first kappa shape index (κ1) is 10.3. The van der Waals surface area contributed by atoms with Crippen LogP contribution in [0.15, 0.2) is 16.7 Å². The van der Waals surface area contributed by atoms with Crippen molar-refractivity contribution < 1.29 is 17.9 Å². The Morgan fingerprint density at radius 2 is 2.08 bits per heavy atom. The third-order valence-electron chi connectivity index (χ3n) is 1.33. The van der Waals surface area contributed by atoms with Crippen LogP contribution in [0.4, 0.5) is 13.2 Å². The van der Waals surface area contributed by atoms with Crippen LogP contribution in [0.2, 0.25) is 0 Å². The van der Waals surface area contributed by atoms with E-state index in [2.05, 4.69) is 25.7 Å². The molecule has 0 saturated heterocycles. The number of hydrogen-bond acceptors (Lipinski definition) is 2. The largest absolute Gasteiger partial charge is 0.493 e. The smallest absolute Gasteiger partial charge is 0.437 e. The molecule has 1 aromatic heterocycles. The normalized spacial score (nSPS) is 11.5. The molecular formula is C7H5BrF3NO. The van der Waals surface area contributed by atoms with E-state index in [0.717, 1.165) is 13.3 Å². The van der Waals surface area contributed by atoms with Gasteiger partial charge in [-0.15, -0.1) is 0 Å². The maximum atomic E-state index is 12.3. The summed E-state index contributed by atoms with van der Waals surface area (Å²) in [5.74, 6) is -0.296. The molecule has 0 radical (unpaired) electrons. The lowest BCUT2D eigenvalue weighted by atomic mass is 10.3. The summed E-state index contributed by atoms with van der Waals surface area (Å²) in [6.07, 6.45) is -3.43. The highest BCUT2D eigenvalue weighted by atomic mass is 79.9. The summed E-state index contributed by atoms with van der Waals surface area (Å²) >= 11 is 2.93. The van der Waals surface area contributed by atoms with Gasteiger partial charge in [-0.1, -0.05) is 0 Å². The second-order valence-electron chi connectivity index (χ2n) is 2.17. The second kappa shape index (κ2) is 3.53. The molecule has 0 fully saturated rings. The Balaban J connectivity index is 3.29. The van der Waals surface area contributed by atoms with E-state index in [0.29, 0.717) is 0 Å². The number of ether oxygens (including phenoxy) is 1. The molecule has 2 nitrogen and oxygen atoms in total. The van der Waals surface area contributed by atoms with Crippen molar-refractivity contribution in [1.29, 1.82) is 0 Å². The highest BCUT2D eigenvalue weighted by molar-refractivity contribution is 9.10. The van der Waals surface area contributed by atoms with Gasteiger partial charge in [0.05, 0.1) is 11.6 Å². The Hall–Kier alpha value is -0.780. The summed E-state index contributed by atoms with van der Waals surface area (Å²) in [7, 11) is 1.16. The van der Waals surface area contributed by atoms with E-state index in [1.165, 1.54) is 6.07 Å². The molecule has 1 aromatic rings. The fourth-order valence-corrected chi connectivity index (χ4v) is 1.29. The zero-order chi connectivity index (χ0) is 10.1. The van der Waals surface area contributed by atoms with Crippen molar-refractivity contribution in [3.8, 4) is 5.75 Å². The first-order valence-corrected chi connectivity index (χ1v) is 4.02. The van der Waals surface area contributed by atoms with Crippen molar-refractivity contribution in [3.05, 3.63) is 22.4 Å². The minimum Gasteiger partial charge on any atom is -0.493 e. The monoisotopic (exact) mass is 255 g/mol. The van der Waals surface area contributed by atoms with E-state index in [9.17, 15) is 13.2 Å². The minimum absolute atomic E-state index is 0.234. The van der Waals surface area contributed by atoms with Gasteiger partial charge in [0.25, 0.3) is 0 Å². The van der Waals surface area contributed by atoms with E-state index in [4.69, 9.17) is 0 Å². The van der Waals surface area contributed by atoms with Crippen molar-refractivity contribution in [2.75, 3.05) is 7.11 Å². The Morgan fingerprint density at radius 3 is 2.46 bits per heavy atom.